The number of nitrogens with two attached hydrogens (primary N) is 1. The molecule has 2 aromatic rings. The molecule has 0 aliphatic heterocycles. The summed E-state index contributed by atoms with van der Waals surface area (Å²) in [6.07, 6.45) is 1.53. The van der Waals surface area contributed by atoms with Crippen LogP contribution in [0.15, 0.2) is 30.3 Å². The van der Waals surface area contributed by atoms with E-state index in [0.29, 0.717) is 18.3 Å². The Bertz CT molecular complexity index is 523. The highest BCUT2D eigenvalue weighted by Gasteiger charge is 2.13. The maximum absolute atomic E-state index is 8.72. The summed E-state index contributed by atoms with van der Waals surface area (Å²) in [4.78, 5) is 0. The summed E-state index contributed by atoms with van der Waals surface area (Å²) in [5, 5.41) is 13.1. The Morgan fingerprint density at radius 2 is 2.00 bits per heavy atom. The van der Waals surface area contributed by atoms with Crippen molar-refractivity contribution in [3.05, 3.63) is 35.9 Å². The number of hydrogen-bond donors (Lipinski definition) is 2. The second-order valence-corrected chi connectivity index (χ2v) is 4.34. The molecule has 0 fully saturated rings. The summed E-state index contributed by atoms with van der Waals surface area (Å²) in [7, 11) is 0. The number of benzene rings is 1. The lowest BCUT2D eigenvalue weighted by atomic mass is 10.3. The Morgan fingerprint density at radius 3 is 2.68 bits per heavy atom. The van der Waals surface area contributed by atoms with Crippen LogP contribution in [0.5, 0.6) is 5.88 Å². The molecule has 0 radical (unpaired) electrons. The molecular formula is C14H19N3O2. The van der Waals surface area contributed by atoms with Crippen molar-refractivity contribution in [3.8, 4) is 11.6 Å². The zero-order chi connectivity index (χ0) is 13.7. The molecule has 0 spiro atoms. The first-order valence-corrected chi connectivity index (χ1v) is 6.38. The molecular weight excluding hydrogens is 242 g/mol. The van der Waals surface area contributed by atoms with Crippen molar-refractivity contribution in [2.75, 3.05) is 18.9 Å². The molecule has 1 aromatic heterocycles. The van der Waals surface area contributed by atoms with E-state index in [0.717, 1.165) is 24.1 Å². The van der Waals surface area contributed by atoms with Crippen LogP contribution in [-0.2, 0) is 0 Å². The minimum absolute atomic E-state index is 0.183. The third-order valence-electron chi connectivity index (χ3n) is 2.92. The molecule has 1 heterocycles. The van der Waals surface area contributed by atoms with Gasteiger partial charge in [0, 0.05) is 6.61 Å². The van der Waals surface area contributed by atoms with Crippen LogP contribution in [0.1, 0.15) is 18.4 Å². The van der Waals surface area contributed by atoms with Gasteiger partial charge in [-0.25, -0.2) is 4.68 Å². The normalized spacial score (nSPS) is 10.6. The van der Waals surface area contributed by atoms with Crippen LogP contribution in [0.25, 0.3) is 5.69 Å². The van der Waals surface area contributed by atoms with E-state index in [1.807, 2.05) is 37.3 Å². The first-order valence-electron chi connectivity index (χ1n) is 6.38. The molecule has 3 N–H and O–H groups in total. The van der Waals surface area contributed by atoms with Gasteiger partial charge in [-0.15, -0.1) is 5.10 Å². The van der Waals surface area contributed by atoms with Gasteiger partial charge in [-0.3, -0.25) is 0 Å². The number of hydrogen-bond acceptors (Lipinski definition) is 4. The van der Waals surface area contributed by atoms with E-state index in [2.05, 4.69) is 5.10 Å². The molecule has 0 bridgehead atoms. The van der Waals surface area contributed by atoms with Gasteiger partial charge < -0.3 is 15.6 Å². The minimum Gasteiger partial charge on any atom is -0.476 e. The fourth-order valence-corrected chi connectivity index (χ4v) is 1.77. The molecule has 5 heteroatoms. The van der Waals surface area contributed by atoms with Crippen LogP contribution < -0.4 is 10.5 Å². The molecule has 0 aliphatic carbocycles. The van der Waals surface area contributed by atoms with E-state index in [1.165, 1.54) is 0 Å². The monoisotopic (exact) mass is 261 g/mol. The lowest BCUT2D eigenvalue weighted by Crippen LogP contribution is -2.02. The number of unbranched alkanes of at least 4 members (excludes halogenated alkanes) is 1. The Balaban J connectivity index is 2.14. The zero-order valence-electron chi connectivity index (χ0n) is 11.0. The molecule has 0 aliphatic rings. The Kier molecular flexibility index (Phi) is 4.41. The van der Waals surface area contributed by atoms with Crippen LogP contribution >= 0.6 is 0 Å². The number of nitrogen functional groups attached to an aromatic ring is 1. The number of para-hydroxylation sites is 1. The molecule has 0 unspecified atom stereocenters. The summed E-state index contributed by atoms with van der Waals surface area (Å²) in [5.74, 6) is 1.14. The molecule has 19 heavy (non-hydrogen) atoms. The van der Waals surface area contributed by atoms with E-state index < -0.39 is 0 Å². The number of nitrogens with zero attached hydrogens (tertiary/aromatic N) is 2. The van der Waals surface area contributed by atoms with Gasteiger partial charge in [0.15, 0.2) is 0 Å². The van der Waals surface area contributed by atoms with Crippen LogP contribution in [0.3, 0.4) is 0 Å². The SMILES string of the molecule is Cc1c(OCCCCO)nn(-c2ccccc2)c1N. The Hall–Kier alpha value is -2.01. The standard InChI is InChI=1S/C14H19N3O2/c1-11-13(15)17(12-7-3-2-4-8-12)16-14(11)19-10-6-5-9-18/h2-4,7-8,18H,5-6,9-10,15H2,1H3. The molecule has 2 rings (SSSR count). The van der Waals surface area contributed by atoms with Crippen molar-refractivity contribution in [2.45, 2.75) is 19.8 Å². The van der Waals surface area contributed by atoms with Crippen molar-refractivity contribution in [1.82, 2.24) is 9.78 Å². The average molecular weight is 261 g/mol. The van der Waals surface area contributed by atoms with Crippen molar-refractivity contribution >= 4 is 5.82 Å². The number of rotatable bonds is 6. The predicted octanol–water partition coefficient (Wildman–Crippen LogP) is 1.91. The van der Waals surface area contributed by atoms with Crippen molar-refractivity contribution in [3.63, 3.8) is 0 Å². The van der Waals surface area contributed by atoms with Gasteiger partial charge >= 0.3 is 0 Å². The van der Waals surface area contributed by atoms with E-state index in [9.17, 15) is 0 Å². The van der Waals surface area contributed by atoms with E-state index >= 15 is 0 Å². The van der Waals surface area contributed by atoms with Crippen LogP contribution in [0, 0.1) is 6.92 Å². The maximum Gasteiger partial charge on any atom is 0.238 e. The number of ether oxygens (including phenoxy) is 1. The summed E-state index contributed by atoms with van der Waals surface area (Å²) < 4.78 is 7.28. The summed E-state index contributed by atoms with van der Waals surface area (Å²) >= 11 is 0. The van der Waals surface area contributed by atoms with Gasteiger partial charge in [0.2, 0.25) is 5.88 Å². The lowest BCUT2D eigenvalue weighted by Gasteiger charge is -2.03. The smallest absolute Gasteiger partial charge is 0.238 e. The fourth-order valence-electron chi connectivity index (χ4n) is 1.77. The zero-order valence-corrected chi connectivity index (χ0v) is 11.0. The predicted molar refractivity (Wildman–Crippen MR) is 74.5 cm³/mol. The molecule has 0 atom stereocenters. The molecule has 102 valence electrons. The molecule has 0 amide bonds. The topological polar surface area (TPSA) is 73.3 Å². The fraction of sp³-hybridized carbons (Fsp3) is 0.357. The summed E-state index contributed by atoms with van der Waals surface area (Å²) in [5.41, 5.74) is 7.80. The molecule has 1 aromatic carbocycles. The van der Waals surface area contributed by atoms with Crippen LogP contribution in [0.4, 0.5) is 5.82 Å². The Labute approximate surface area is 112 Å². The number of anilines is 1. The van der Waals surface area contributed by atoms with Crippen molar-refractivity contribution in [2.24, 2.45) is 0 Å². The molecule has 5 nitrogen and oxygen atoms in total. The minimum atomic E-state index is 0.183. The van der Waals surface area contributed by atoms with Crippen molar-refractivity contribution in [1.29, 1.82) is 0 Å². The largest absolute Gasteiger partial charge is 0.476 e. The number of aliphatic hydroxyl groups excluding tert-OH is 1. The Morgan fingerprint density at radius 1 is 1.26 bits per heavy atom. The number of aromatic nitrogens is 2. The summed E-state index contributed by atoms with van der Waals surface area (Å²) in [6.45, 7) is 2.61. The first kappa shape index (κ1) is 13.4. The van der Waals surface area contributed by atoms with Gasteiger partial charge in [0.1, 0.15) is 5.82 Å². The van der Waals surface area contributed by atoms with Crippen LogP contribution in [0.2, 0.25) is 0 Å². The van der Waals surface area contributed by atoms with Gasteiger partial charge in [-0.1, -0.05) is 18.2 Å². The van der Waals surface area contributed by atoms with Crippen molar-refractivity contribution < 1.29 is 9.84 Å². The van der Waals surface area contributed by atoms with E-state index in [1.54, 1.807) is 4.68 Å². The highest BCUT2D eigenvalue weighted by atomic mass is 16.5. The summed E-state index contributed by atoms with van der Waals surface area (Å²) in [6, 6.07) is 9.71. The lowest BCUT2D eigenvalue weighted by molar-refractivity contribution is 0.248. The van der Waals surface area contributed by atoms with Gasteiger partial charge in [-0.2, -0.15) is 0 Å². The molecule has 0 saturated carbocycles. The van der Waals surface area contributed by atoms with Gasteiger partial charge in [0.25, 0.3) is 0 Å². The number of aliphatic hydroxyl groups is 1. The second-order valence-electron chi connectivity index (χ2n) is 4.34. The third-order valence-corrected chi connectivity index (χ3v) is 2.92. The average Bonchev–Trinajstić information content (AvgIpc) is 2.73. The van der Waals surface area contributed by atoms with E-state index in [-0.39, 0.29) is 6.61 Å². The van der Waals surface area contributed by atoms with Gasteiger partial charge in [0.05, 0.1) is 17.9 Å². The third kappa shape index (κ3) is 3.06. The molecule has 0 saturated heterocycles. The first-order chi connectivity index (χ1) is 9.24. The highest BCUT2D eigenvalue weighted by Crippen LogP contribution is 2.25. The van der Waals surface area contributed by atoms with Crippen LogP contribution in [-0.4, -0.2) is 28.1 Å². The highest BCUT2D eigenvalue weighted by molar-refractivity contribution is 5.51. The maximum atomic E-state index is 8.72. The van der Waals surface area contributed by atoms with E-state index in [4.69, 9.17) is 15.6 Å². The quantitative estimate of drug-likeness (QED) is 0.779. The van der Waals surface area contributed by atoms with Gasteiger partial charge in [-0.05, 0) is 31.9 Å². The second kappa shape index (κ2) is 6.24.